The van der Waals surface area contributed by atoms with Gasteiger partial charge in [-0.15, -0.1) is 11.3 Å². The van der Waals surface area contributed by atoms with Gasteiger partial charge in [-0.1, -0.05) is 28.1 Å². The summed E-state index contributed by atoms with van der Waals surface area (Å²) < 4.78 is 1.02. The Kier molecular flexibility index (Phi) is 6.46. The van der Waals surface area contributed by atoms with E-state index in [0.29, 0.717) is 18.5 Å². The first-order valence-electron chi connectivity index (χ1n) is 9.85. The molecular formula is C23H21BrN4OS. The maximum atomic E-state index is 12.9. The van der Waals surface area contributed by atoms with E-state index in [2.05, 4.69) is 31.9 Å². The van der Waals surface area contributed by atoms with E-state index in [4.69, 9.17) is 5.26 Å². The molecule has 0 unspecified atom stereocenters. The fraction of sp³-hybridized carbons (Fsp3) is 0.261. The second-order valence-corrected chi connectivity index (χ2v) is 8.98. The number of nitrogens with zero attached hydrogens (tertiary/aromatic N) is 4. The minimum atomic E-state index is 0.128. The Bertz CT molecular complexity index is 1070. The van der Waals surface area contributed by atoms with Gasteiger partial charge in [0.15, 0.2) is 0 Å². The summed E-state index contributed by atoms with van der Waals surface area (Å²) in [6, 6.07) is 17.8. The lowest BCUT2D eigenvalue weighted by molar-refractivity contribution is -0.130. The molecule has 1 amide bonds. The highest BCUT2D eigenvalue weighted by Gasteiger charge is 2.20. The lowest BCUT2D eigenvalue weighted by atomic mass is 10.2. The third-order valence-electron chi connectivity index (χ3n) is 5.17. The molecule has 1 aromatic heterocycles. The van der Waals surface area contributed by atoms with Gasteiger partial charge < -0.3 is 9.80 Å². The van der Waals surface area contributed by atoms with E-state index in [0.717, 1.165) is 52.5 Å². The topological polar surface area (TPSA) is 60.2 Å². The number of hydrogen-bond acceptors (Lipinski definition) is 5. The second-order valence-electron chi connectivity index (χ2n) is 7.21. The van der Waals surface area contributed by atoms with Crippen molar-refractivity contribution in [3.8, 4) is 16.6 Å². The van der Waals surface area contributed by atoms with Gasteiger partial charge in [0.2, 0.25) is 5.91 Å². The maximum absolute atomic E-state index is 12.9. The Labute approximate surface area is 188 Å². The summed E-state index contributed by atoms with van der Waals surface area (Å²) in [6.45, 7) is 3.15. The summed E-state index contributed by atoms with van der Waals surface area (Å²) in [5.41, 5.74) is 3.64. The number of nitriles is 1. The van der Waals surface area contributed by atoms with Crippen molar-refractivity contribution in [1.82, 2.24) is 9.88 Å². The predicted octanol–water partition coefficient (Wildman–Crippen LogP) is 4.73. The molecule has 2 heterocycles. The van der Waals surface area contributed by atoms with Crippen molar-refractivity contribution in [3.63, 3.8) is 0 Å². The molecule has 0 radical (unpaired) electrons. The summed E-state index contributed by atoms with van der Waals surface area (Å²) in [4.78, 5) is 21.8. The van der Waals surface area contributed by atoms with E-state index in [9.17, 15) is 4.79 Å². The number of hydrogen-bond donors (Lipinski definition) is 0. The van der Waals surface area contributed by atoms with Crippen molar-refractivity contribution >= 4 is 38.9 Å². The summed E-state index contributed by atoms with van der Waals surface area (Å²) in [5.74, 6) is 0.128. The molecule has 1 aliphatic rings. The quantitative estimate of drug-likeness (QED) is 0.541. The number of anilines is 1. The minimum absolute atomic E-state index is 0.128. The number of thiazole rings is 1. The number of benzene rings is 2. The molecule has 0 atom stereocenters. The van der Waals surface area contributed by atoms with Gasteiger partial charge in [0.05, 0.1) is 23.7 Å². The van der Waals surface area contributed by atoms with Gasteiger partial charge in [-0.05, 0) is 42.8 Å². The fourth-order valence-corrected chi connectivity index (χ4v) is 4.80. The Hall–Kier alpha value is -2.69. The molecule has 0 aliphatic carbocycles. The Balaban J connectivity index is 1.37. The molecule has 1 fully saturated rings. The molecule has 4 rings (SSSR count). The lowest BCUT2D eigenvalue weighted by Gasteiger charge is -2.23. The van der Waals surface area contributed by atoms with E-state index in [1.807, 2.05) is 58.8 Å². The van der Waals surface area contributed by atoms with E-state index >= 15 is 0 Å². The standard InChI is InChI=1S/C23H21BrN4OS/c24-19-4-1-3-18(13-19)23-26-20(16-30-23)14-22(29)28-10-2-9-27(11-12-28)21-7-5-17(15-25)6-8-21/h1,3-8,13,16H,2,9-12,14H2. The van der Waals surface area contributed by atoms with Gasteiger partial charge in [0.25, 0.3) is 0 Å². The molecule has 2 aromatic carbocycles. The minimum Gasteiger partial charge on any atom is -0.370 e. The zero-order chi connectivity index (χ0) is 20.9. The van der Waals surface area contributed by atoms with Gasteiger partial charge in [-0.25, -0.2) is 4.98 Å². The SMILES string of the molecule is N#Cc1ccc(N2CCCN(C(=O)Cc3csc(-c4cccc(Br)c4)n3)CC2)cc1. The Morgan fingerprint density at radius 1 is 1.13 bits per heavy atom. The van der Waals surface area contributed by atoms with Crippen LogP contribution < -0.4 is 4.90 Å². The van der Waals surface area contributed by atoms with E-state index in [1.165, 1.54) is 0 Å². The molecule has 3 aromatic rings. The zero-order valence-electron chi connectivity index (χ0n) is 16.4. The molecule has 0 N–H and O–H groups in total. The highest BCUT2D eigenvalue weighted by Crippen LogP contribution is 2.26. The number of carbonyl (C=O) groups excluding carboxylic acids is 1. The average molecular weight is 481 g/mol. The van der Waals surface area contributed by atoms with Crippen LogP contribution in [-0.4, -0.2) is 42.0 Å². The van der Waals surface area contributed by atoms with Gasteiger partial charge >= 0.3 is 0 Å². The highest BCUT2D eigenvalue weighted by molar-refractivity contribution is 9.10. The Morgan fingerprint density at radius 2 is 1.97 bits per heavy atom. The van der Waals surface area contributed by atoms with Crippen LogP contribution >= 0.6 is 27.3 Å². The number of rotatable bonds is 4. The molecule has 1 saturated heterocycles. The number of carbonyl (C=O) groups is 1. The van der Waals surface area contributed by atoms with Crippen molar-refractivity contribution in [1.29, 1.82) is 5.26 Å². The normalized spacial score (nSPS) is 14.3. The largest absolute Gasteiger partial charge is 0.370 e. The molecule has 30 heavy (non-hydrogen) atoms. The van der Waals surface area contributed by atoms with Crippen molar-refractivity contribution < 1.29 is 4.79 Å². The molecule has 5 nitrogen and oxygen atoms in total. The Morgan fingerprint density at radius 3 is 2.73 bits per heavy atom. The smallest absolute Gasteiger partial charge is 0.228 e. The summed E-state index contributed by atoms with van der Waals surface area (Å²) in [7, 11) is 0. The van der Waals surface area contributed by atoms with E-state index in [1.54, 1.807) is 11.3 Å². The van der Waals surface area contributed by atoms with Crippen LogP contribution in [0, 0.1) is 11.3 Å². The first kappa shape index (κ1) is 20.6. The van der Waals surface area contributed by atoms with Crippen LogP contribution in [0.15, 0.2) is 58.4 Å². The molecule has 1 aliphatic heterocycles. The molecule has 0 saturated carbocycles. The number of amides is 1. The molecular weight excluding hydrogens is 460 g/mol. The highest BCUT2D eigenvalue weighted by atomic mass is 79.9. The molecule has 7 heteroatoms. The predicted molar refractivity (Wildman–Crippen MR) is 124 cm³/mol. The first-order valence-corrected chi connectivity index (χ1v) is 11.5. The van der Waals surface area contributed by atoms with E-state index in [-0.39, 0.29) is 5.91 Å². The third kappa shape index (κ3) is 4.89. The van der Waals surface area contributed by atoms with Crippen molar-refractivity contribution in [2.45, 2.75) is 12.8 Å². The maximum Gasteiger partial charge on any atom is 0.228 e. The first-order chi connectivity index (χ1) is 14.6. The van der Waals surface area contributed by atoms with Crippen molar-refractivity contribution in [2.75, 3.05) is 31.1 Å². The van der Waals surface area contributed by atoms with Crippen LogP contribution in [0.2, 0.25) is 0 Å². The average Bonchev–Trinajstić information content (AvgIpc) is 3.08. The zero-order valence-corrected chi connectivity index (χ0v) is 18.8. The van der Waals surface area contributed by atoms with Crippen LogP contribution in [0.3, 0.4) is 0 Å². The molecule has 0 bridgehead atoms. The van der Waals surface area contributed by atoms with Gasteiger partial charge in [0, 0.05) is 47.3 Å². The monoisotopic (exact) mass is 480 g/mol. The molecule has 152 valence electrons. The van der Waals surface area contributed by atoms with Crippen LogP contribution in [0.25, 0.3) is 10.6 Å². The van der Waals surface area contributed by atoms with Crippen LogP contribution in [0.5, 0.6) is 0 Å². The van der Waals surface area contributed by atoms with Gasteiger partial charge in [-0.2, -0.15) is 5.26 Å². The van der Waals surface area contributed by atoms with Crippen LogP contribution in [0.4, 0.5) is 5.69 Å². The van der Waals surface area contributed by atoms with Crippen molar-refractivity contribution in [2.24, 2.45) is 0 Å². The lowest BCUT2D eigenvalue weighted by Crippen LogP contribution is -2.36. The van der Waals surface area contributed by atoms with Crippen LogP contribution in [0.1, 0.15) is 17.7 Å². The summed E-state index contributed by atoms with van der Waals surface area (Å²) in [6.07, 6.45) is 1.26. The fourth-order valence-electron chi connectivity index (χ4n) is 3.58. The van der Waals surface area contributed by atoms with Crippen LogP contribution in [-0.2, 0) is 11.2 Å². The second kappa shape index (κ2) is 9.41. The van der Waals surface area contributed by atoms with Crippen molar-refractivity contribution in [3.05, 3.63) is 69.6 Å². The van der Waals surface area contributed by atoms with Gasteiger partial charge in [-0.3, -0.25) is 4.79 Å². The van der Waals surface area contributed by atoms with E-state index < -0.39 is 0 Å². The summed E-state index contributed by atoms with van der Waals surface area (Å²) in [5, 5.41) is 11.9. The molecule has 0 spiro atoms. The number of halogens is 1. The van der Waals surface area contributed by atoms with Gasteiger partial charge in [0.1, 0.15) is 5.01 Å². The third-order valence-corrected chi connectivity index (χ3v) is 6.60. The summed E-state index contributed by atoms with van der Waals surface area (Å²) >= 11 is 5.06. The number of aromatic nitrogens is 1.